The summed E-state index contributed by atoms with van der Waals surface area (Å²) in [5.41, 5.74) is 0. The molecule has 0 amide bonds. The average molecular weight is 533 g/mol. The summed E-state index contributed by atoms with van der Waals surface area (Å²) < 4.78 is 27.4. The molecule has 1 saturated heterocycles. The third-order valence-corrected chi connectivity index (χ3v) is 8.15. The van der Waals surface area contributed by atoms with Crippen molar-refractivity contribution in [1.82, 2.24) is 14.9 Å². The quantitative estimate of drug-likeness (QED) is 0.255. The second kappa shape index (κ2) is 11.1. The van der Waals surface area contributed by atoms with Crippen LogP contribution >= 0.6 is 47.1 Å². The number of aryl methyl sites for hydroxylation is 2. The van der Waals surface area contributed by atoms with Gasteiger partial charge < -0.3 is 10.2 Å². The summed E-state index contributed by atoms with van der Waals surface area (Å²) in [7, 11) is -1.68. The Morgan fingerprint density at radius 3 is 2.69 bits per heavy atom. The van der Waals surface area contributed by atoms with Gasteiger partial charge in [-0.1, -0.05) is 6.92 Å². The van der Waals surface area contributed by atoms with Crippen LogP contribution in [0.15, 0.2) is 16.0 Å². The topological polar surface area (TPSA) is 73.8 Å². The molecule has 6 nitrogen and oxygen atoms in total. The van der Waals surface area contributed by atoms with E-state index in [9.17, 15) is 8.42 Å². The van der Waals surface area contributed by atoms with E-state index in [0.29, 0.717) is 23.2 Å². The maximum atomic E-state index is 12.4. The van der Waals surface area contributed by atoms with E-state index in [0.717, 1.165) is 41.0 Å². The SMILES string of the molecule is CCC1CN(C(=NC)NCCNS(=O)(=O)c2cc(C)sc2C)CCS1.I. The van der Waals surface area contributed by atoms with Gasteiger partial charge in [-0.15, -0.1) is 35.3 Å². The molecule has 0 spiro atoms. The van der Waals surface area contributed by atoms with Crippen molar-refractivity contribution in [2.24, 2.45) is 4.99 Å². The minimum absolute atomic E-state index is 0. The number of halogens is 1. The molecule has 0 saturated carbocycles. The lowest BCUT2D eigenvalue weighted by molar-refractivity contribution is 0.408. The highest BCUT2D eigenvalue weighted by Gasteiger charge is 2.22. The summed E-state index contributed by atoms with van der Waals surface area (Å²) in [5, 5.41) is 3.90. The third kappa shape index (κ3) is 6.54. The van der Waals surface area contributed by atoms with Crippen LogP contribution < -0.4 is 10.0 Å². The fraction of sp³-hybridized carbons (Fsp3) is 0.688. The highest BCUT2D eigenvalue weighted by Crippen LogP contribution is 2.24. The molecule has 1 atom stereocenters. The molecule has 1 unspecified atom stereocenters. The minimum Gasteiger partial charge on any atom is -0.355 e. The number of rotatable bonds is 6. The fourth-order valence-corrected chi connectivity index (χ4v) is 6.57. The van der Waals surface area contributed by atoms with Crippen molar-refractivity contribution in [2.75, 3.05) is 39.0 Å². The monoisotopic (exact) mass is 532 g/mol. The van der Waals surface area contributed by atoms with Gasteiger partial charge in [0.15, 0.2) is 5.96 Å². The van der Waals surface area contributed by atoms with Crippen LogP contribution in [0.4, 0.5) is 0 Å². The van der Waals surface area contributed by atoms with Crippen LogP contribution in [0.3, 0.4) is 0 Å². The molecule has 2 heterocycles. The summed E-state index contributed by atoms with van der Waals surface area (Å²) in [6, 6.07) is 1.73. The second-order valence-electron chi connectivity index (χ2n) is 6.00. The van der Waals surface area contributed by atoms with Crippen molar-refractivity contribution in [2.45, 2.75) is 37.3 Å². The number of nitrogens with zero attached hydrogens (tertiary/aromatic N) is 2. The van der Waals surface area contributed by atoms with E-state index < -0.39 is 10.0 Å². The first-order chi connectivity index (χ1) is 11.9. The summed E-state index contributed by atoms with van der Waals surface area (Å²) >= 11 is 3.51. The molecule has 1 aliphatic heterocycles. The second-order valence-corrected chi connectivity index (χ2v) is 10.6. The smallest absolute Gasteiger partial charge is 0.241 e. The zero-order valence-electron chi connectivity index (χ0n) is 15.7. The first-order valence-corrected chi connectivity index (χ1v) is 11.9. The maximum absolute atomic E-state index is 12.4. The van der Waals surface area contributed by atoms with Crippen LogP contribution in [0.25, 0.3) is 0 Å². The lowest BCUT2D eigenvalue weighted by Gasteiger charge is -2.34. The Labute approximate surface area is 182 Å². The molecule has 150 valence electrons. The van der Waals surface area contributed by atoms with Gasteiger partial charge in [-0.2, -0.15) is 11.8 Å². The van der Waals surface area contributed by atoms with E-state index in [1.807, 2.05) is 25.6 Å². The predicted octanol–water partition coefficient (Wildman–Crippen LogP) is 2.66. The van der Waals surface area contributed by atoms with Crippen LogP contribution in [-0.4, -0.2) is 63.5 Å². The van der Waals surface area contributed by atoms with Gasteiger partial charge in [-0.3, -0.25) is 4.99 Å². The van der Waals surface area contributed by atoms with Crippen molar-refractivity contribution >= 4 is 63.1 Å². The fourth-order valence-electron chi connectivity index (χ4n) is 2.80. The molecule has 2 rings (SSSR count). The molecule has 2 N–H and O–H groups in total. The molecule has 1 aliphatic rings. The van der Waals surface area contributed by atoms with Gasteiger partial charge in [-0.05, 0) is 26.3 Å². The standard InChI is InChI=1S/C16H28N4O2S3.HI/c1-5-14-11-20(8-9-23-14)16(17-4)18-6-7-19-25(21,22)15-10-12(2)24-13(15)3;/h10,14,19H,5-9,11H2,1-4H3,(H,17,18);1H. The zero-order chi connectivity index (χ0) is 18.4. The Kier molecular flexibility index (Phi) is 10.2. The number of guanidine groups is 1. The predicted molar refractivity (Wildman–Crippen MR) is 124 cm³/mol. The molecular formula is C16H29IN4O2S3. The maximum Gasteiger partial charge on any atom is 0.241 e. The summed E-state index contributed by atoms with van der Waals surface area (Å²) in [6.07, 6.45) is 1.15. The number of sulfonamides is 1. The van der Waals surface area contributed by atoms with Crippen molar-refractivity contribution in [3.05, 3.63) is 15.8 Å². The molecular weight excluding hydrogens is 503 g/mol. The number of aliphatic imine (C=N–C) groups is 1. The normalized spacial score (nSPS) is 18.5. The molecule has 10 heteroatoms. The van der Waals surface area contributed by atoms with Crippen LogP contribution in [0, 0.1) is 13.8 Å². The number of thioether (sulfide) groups is 1. The van der Waals surface area contributed by atoms with Crippen molar-refractivity contribution in [3.63, 3.8) is 0 Å². The van der Waals surface area contributed by atoms with Crippen molar-refractivity contribution in [3.8, 4) is 0 Å². The van der Waals surface area contributed by atoms with E-state index >= 15 is 0 Å². The molecule has 0 radical (unpaired) electrons. The molecule has 26 heavy (non-hydrogen) atoms. The number of hydrogen-bond donors (Lipinski definition) is 2. The lowest BCUT2D eigenvalue weighted by Crippen LogP contribution is -2.49. The van der Waals surface area contributed by atoms with Gasteiger partial charge in [0.05, 0.1) is 4.90 Å². The Morgan fingerprint density at radius 1 is 1.38 bits per heavy atom. The summed E-state index contributed by atoms with van der Waals surface area (Å²) in [5.74, 6) is 1.95. The van der Waals surface area contributed by atoms with Crippen molar-refractivity contribution in [1.29, 1.82) is 0 Å². The van der Waals surface area contributed by atoms with Gasteiger partial charge >= 0.3 is 0 Å². The number of hydrogen-bond acceptors (Lipinski definition) is 5. The number of nitrogens with one attached hydrogen (secondary N) is 2. The summed E-state index contributed by atoms with van der Waals surface area (Å²) in [4.78, 5) is 8.81. The van der Waals surface area contributed by atoms with Crippen molar-refractivity contribution < 1.29 is 8.42 Å². The molecule has 0 bridgehead atoms. The van der Waals surface area contributed by atoms with E-state index in [-0.39, 0.29) is 24.0 Å². The van der Waals surface area contributed by atoms with Gasteiger partial charge in [-0.25, -0.2) is 13.1 Å². The van der Waals surface area contributed by atoms with Crippen LogP contribution in [0.1, 0.15) is 23.1 Å². The molecule has 1 aromatic heterocycles. The van der Waals surface area contributed by atoms with Gasteiger partial charge in [0, 0.05) is 54.0 Å². The van der Waals surface area contributed by atoms with E-state index in [2.05, 4.69) is 26.9 Å². The zero-order valence-corrected chi connectivity index (χ0v) is 20.5. The first-order valence-electron chi connectivity index (χ1n) is 8.51. The largest absolute Gasteiger partial charge is 0.355 e. The Hall–Kier alpha value is -0.0400. The molecule has 0 aliphatic carbocycles. The van der Waals surface area contributed by atoms with Crippen LogP contribution in [0.2, 0.25) is 0 Å². The Bertz CT molecular complexity index is 706. The Morgan fingerprint density at radius 2 is 2.12 bits per heavy atom. The highest BCUT2D eigenvalue weighted by atomic mass is 127. The summed E-state index contributed by atoms with van der Waals surface area (Å²) in [6.45, 7) is 8.76. The minimum atomic E-state index is -3.45. The van der Waals surface area contributed by atoms with Gasteiger partial charge in [0.25, 0.3) is 0 Å². The third-order valence-electron chi connectivity index (χ3n) is 4.09. The number of thiophene rings is 1. The van der Waals surface area contributed by atoms with Crippen LogP contribution in [-0.2, 0) is 10.0 Å². The van der Waals surface area contributed by atoms with Gasteiger partial charge in [0.1, 0.15) is 0 Å². The first kappa shape index (κ1) is 24.0. The van der Waals surface area contributed by atoms with E-state index in [1.54, 1.807) is 13.1 Å². The molecule has 0 aromatic carbocycles. The molecule has 1 fully saturated rings. The average Bonchev–Trinajstić information content (AvgIpc) is 2.94. The molecule has 1 aromatic rings. The Balaban J connectivity index is 0.00000338. The van der Waals surface area contributed by atoms with Gasteiger partial charge in [0.2, 0.25) is 10.0 Å². The van der Waals surface area contributed by atoms with E-state index in [4.69, 9.17) is 0 Å². The van der Waals surface area contributed by atoms with E-state index in [1.165, 1.54) is 11.3 Å². The highest BCUT2D eigenvalue weighted by molar-refractivity contribution is 14.0. The van der Waals surface area contributed by atoms with Crippen LogP contribution in [0.5, 0.6) is 0 Å². The lowest BCUT2D eigenvalue weighted by atomic mass is 10.3.